The Bertz CT molecular complexity index is 868. The third kappa shape index (κ3) is 4.59. The number of rotatable bonds is 5. The van der Waals surface area contributed by atoms with E-state index in [-0.39, 0.29) is 30.8 Å². The van der Waals surface area contributed by atoms with Crippen molar-refractivity contribution in [3.8, 4) is 0 Å². The molecule has 2 amide bonds. The highest BCUT2D eigenvalue weighted by molar-refractivity contribution is 7.89. The van der Waals surface area contributed by atoms with Crippen LogP contribution in [0.4, 0.5) is 5.69 Å². The van der Waals surface area contributed by atoms with Crippen LogP contribution in [-0.4, -0.2) is 55.0 Å². The van der Waals surface area contributed by atoms with Crippen LogP contribution in [0.5, 0.6) is 0 Å². The van der Waals surface area contributed by atoms with Crippen molar-refractivity contribution in [2.45, 2.75) is 57.5 Å². The lowest BCUT2D eigenvalue weighted by molar-refractivity contribution is -0.133. The maximum absolute atomic E-state index is 13.4. The SMILES string of the molecule is CCS(=O)(=O)N1CC(=O)N(c2ccc(Cl)cc2)[C@](C)(C(=O)NC2CCCCC2)C1. The zero-order chi connectivity index (χ0) is 21.2. The summed E-state index contributed by atoms with van der Waals surface area (Å²) in [7, 11) is -3.62. The van der Waals surface area contributed by atoms with Gasteiger partial charge in [-0.3, -0.25) is 14.5 Å². The van der Waals surface area contributed by atoms with Crippen LogP contribution in [0.2, 0.25) is 5.02 Å². The number of hydrogen-bond donors (Lipinski definition) is 1. The van der Waals surface area contributed by atoms with Crippen LogP contribution in [0.15, 0.2) is 24.3 Å². The van der Waals surface area contributed by atoms with Crippen LogP contribution in [0.3, 0.4) is 0 Å². The highest BCUT2D eigenvalue weighted by Gasteiger charge is 2.51. The fourth-order valence-corrected chi connectivity index (χ4v) is 5.37. The first kappa shape index (κ1) is 22.1. The lowest BCUT2D eigenvalue weighted by Gasteiger charge is -2.47. The lowest BCUT2D eigenvalue weighted by Crippen LogP contribution is -2.71. The molecule has 9 heteroatoms. The number of benzene rings is 1. The summed E-state index contributed by atoms with van der Waals surface area (Å²) in [6.45, 7) is 2.79. The molecule has 1 aliphatic heterocycles. The molecule has 0 radical (unpaired) electrons. The Morgan fingerprint density at radius 2 is 1.83 bits per heavy atom. The Balaban J connectivity index is 1.97. The van der Waals surface area contributed by atoms with Gasteiger partial charge in [-0.1, -0.05) is 30.9 Å². The van der Waals surface area contributed by atoms with Crippen molar-refractivity contribution < 1.29 is 18.0 Å². The van der Waals surface area contributed by atoms with Crippen molar-refractivity contribution in [1.29, 1.82) is 0 Å². The van der Waals surface area contributed by atoms with Crippen molar-refractivity contribution in [3.63, 3.8) is 0 Å². The average Bonchev–Trinajstić information content (AvgIpc) is 2.69. The molecule has 1 saturated carbocycles. The standard InChI is InChI=1S/C20H28ClN3O4S/c1-3-29(27,28)23-13-18(25)24(17-11-9-15(21)10-12-17)20(2,14-23)19(26)22-16-7-5-4-6-8-16/h9-12,16H,3-8,13-14H2,1-2H3,(H,22,26)/t20-/m0/s1. The minimum absolute atomic E-state index is 0.0494. The largest absolute Gasteiger partial charge is 0.351 e. The summed E-state index contributed by atoms with van der Waals surface area (Å²) in [5.41, 5.74) is -0.836. The molecule has 160 valence electrons. The van der Waals surface area contributed by atoms with Gasteiger partial charge in [0.1, 0.15) is 5.54 Å². The third-order valence-electron chi connectivity index (χ3n) is 5.81. The second-order valence-corrected chi connectivity index (χ2v) is 10.7. The summed E-state index contributed by atoms with van der Waals surface area (Å²) in [6, 6.07) is 6.71. The molecule has 0 aromatic heterocycles. The monoisotopic (exact) mass is 441 g/mol. The molecule has 0 bridgehead atoms. The molecule has 1 N–H and O–H groups in total. The smallest absolute Gasteiger partial charge is 0.247 e. The lowest BCUT2D eigenvalue weighted by atomic mass is 9.91. The fourth-order valence-electron chi connectivity index (χ4n) is 4.13. The van der Waals surface area contributed by atoms with E-state index in [2.05, 4.69) is 5.32 Å². The highest BCUT2D eigenvalue weighted by Crippen LogP contribution is 2.32. The Kier molecular flexibility index (Phi) is 6.55. The van der Waals surface area contributed by atoms with Gasteiger partial charge in [-0.05, 0) is 51.0 Å². The number of nitrogens with zero attached hydrogens (tertiary/aromatic N) is 2. The van der Waals surface area contributed by atoms with Crippen LogP contribution in [0, 0.1) is 0 Å². The van der Waals surface area contributed by atoms with Crippen molar-refractivity contribution in [1.82, 2.24) is 9.62 Å². The average molecular weight is 442 g/mol. The molecule has 1 aliphatic carbocycles. The minimum atomic E-state index is -3.62. The van der Waals surface area contributed by atoms with E-state index >= 15 is 0 Å². The van der Waals surface area contributed by atoms with Gasteiger partial charge in [0.2, 0.25) is 21.8 Å². The summed E-state index contributed by atoms with van der Waals surface area (Å²) < 4.78 is 26.1. The molecule has 7 nitrogen and oxygen atoms in total. The number of nitrogens with one attached hydrogen (secondary N) is 1. The first-order valence-electron chi connectivity index (χ1n) is 10.0. The van der Waals surface area contributed by atoms with Gasteiger partial charge in [0, 0.05) is 23.3 Å². The molecule has 1 aromatic carbocycles. The van der Waals surface area contributed by atoms with E-state index < -0.39 is 21.5 Å². The molecule has 1 atom stereocenters. The zero-order valence-corrected chi connectivity index (χ0v) is 18.4. The van der Waals surface area contributed by atoms with Gasteiger partial charge in [0.05, 0.1) is 12.3 Å². The van der Waals surface area contributed by atoms with Crippen LogP contribution in [0.25, 0.3) is 0 Å². The molecular weight excluding hydrogens is 414 g/mol. The number of sulfonamides is 1. The molecule has 29 heavy (non-hydrogen) atoms. The van der Waals surface area contributed by atoms with Gasteiger partial charge in [-0.15, -0.1) is 0 Å². The van der Waals surface area contributed by atoms with Crippen LogP contribution in [0.1, 0.15) is 46.0 Å². The van der Waals surface area contributed by atoms with Gasteiger partial charge >= 0.3 is 0 Å². The van der Waals surface area contributed by atoms with E-state index in [9.17, 15) is 18.0 Å². The van der Waals surface area contributed by atoms with E-state index in [1.54, 1.807) is 31.2 Å². The first-order chi connectivity index (χ1) is 13.7. The predicted octanol–water partition coefficient (Wildman–Crippen LogP) is 2.55. The second kappa shape index (κ2) is 8.62. The molecule has 1 heterocycles. The quantitative estimate of drug-likeness (QED) is 0.760. The van der Waals surface area contributed by atoms with E-state index in [0.29, 0.717) is 10.7 Å². The summed E-state index contributed by atoms with van der Waals surface area (Å²) in [5, 5.41) is 3.59. The maximum Gasteiger partial charge on any atom is 0.247 e. The van der Waals surface area contributed by atoms with E-state index in [1.807, 2.05) is 0 Å². The molecule has 1 aromatic rings. The van der Waals surface area contributed by atoms with E-state index in [1.165, 1.54) is 11.8 Å². The number of hydrogen-bond acceptors (Lipinski definition) is 4. The van der Waals surface area contributed by atoms with Crippen LogP contribution >= 0.6 is 11.6 Å². The topological polar surface area (TPSA) is 86.8 Å². The number of carbonyl (C=O) groups excluding carboxylic acids is 2. The first-order valence-corrected chi connectivity index (χ1v) is 12.0. The molecule has 0 spiro atoms. The van der Waals surface area contributed by atoms with Gasteiger partial charge < -0.3 is 5.32 Å². The summed E-state index contributed by atoms with van der Waals surface area (Å²) in [5.74, 6) is -0.887. The Labute approximate surface area is 177 Å². The molecular formula is C20H28ClN3O4S. The number of anilines is 1. The third-order valence-corrected chi connectivity index (χ3v) is 7.84. The number of piperazine rings is 1. The van der Waals surface area contributed by atoms with Crippen molar-refractivity contribution in [2.75, 3.05) is 23.7 Å². The van der Waals surface area contributed by atoms with Crippen molar-refractivity contribution in [3.05, 3.63) is 29.3 Å². The Morgan fingerprint density at radius 1 is 1.21 bits per heavy atom. The normalized spacial score (nSPS) is 24.5. The maximum atomic E-state index is 13.4. The fraction of sp³-hybridized carbons (Fsp3) is 0.600. The van der Waals surface area contributed by atoms with Crippen LogP contribution in [-0.2, 0) is 19.6 Å². The molecule has 2 aliphatic rings. The molecule has 3 rings (SSSR count). The second-order valence-electron chi connectivity index (χ2n) is 7.96. The molecule has 2 fully saturated rings. The van der Waals surface area contributed by atoms with Gasteiger partial charge in [-0.25, -0.2) is 8.42 Å². The van der Waals surface area contributed by atoms with Crippen LogP contribution < -0.4 is 10.2 Å². The summed E-state index contributed by atoms with van der Waals surface area (Å²) in [6.07, 6.45) is 5.05. The van der Waals surface area contributed by atoms with Crippen molar-refractivity contribution in [2.24, 2.45) is 0 Å². The Morgan fingerprint density at radius 3 is 2.41 bits per heavy atom. The predicted molar refractivity (Wildman–Crippen MR) is 113 cm³/mol. The highest BCUT2D eigenvalue weighted by atomic mass is 35.5. The van der Waals surface area contributed by atoms with E-state index in [0.717, 1.165) is 36.4 Å². The van der Waals surface area contributed by atoms with Gasteiger partial charge in [0.25, 0.3) is 0 Å². The zero-order valence-electron chi connectivity index (χ0n) is 16.9. The summed E-state index contributed by atoms with van der Waals surface area (Å²) >= 11 is 5.98. The van der Waals surface area contributed by atoms with E-state index in [4.69, 9.17) is 11.6 Å². The number of amides is 2. The van der Waals surface area contributed by atoms with Gasteiger partial charge in [0.15, 0.2) is 0 Å². The molecule has 0 unspecified atom stereocenters. The minimum Gasteiger partial charge on any atom is -0.351 e. The van der Waals surface area contributed by atoms with Gasteiger partial charge in [-0.2, -0.15) is 4.31 Å². The van der Waals surface area contributed by atoms with Crippen molar-refractivity contribution >= 4 is 39.1 Å². The Hall–Kier alpha value is -1.64. The molecule has 1 saturated heterocycles. The number of carbonyl (C=O) groups is 2. The number of halogens is 1. The summed E-state index contributed by atoms with van der Waals surface area (Å²) in [4.78, 5) is 27.9.